The number of rotatable bonds is 6. The molecule has 138 valence electrons. The van der Waals surface area contributed by atoms with Crippen molar-refractivity contribution >= 4 is 29.6 Å². The van der Waals surface area contributed by atoms with E-state index in [0.29, 0.717) is 18.1 Å². The number of esters is 1. The number of carbonyl (C=O) groups excluding carboxylic acids is 2. The second-order valence-corrected chi connectivity index (χ2v) is 6.62. The Kier molecular flexibility index (Phi) is 7.05. The minimum absolute atomic E-state index is 0.202. The normalized spacial score (nSPS) is 17.9. The molecule has 0 saturated carbocycles. The highest BCUT2D eigenvalue weighted by Gasteiger charge is 2.31. The van der Waals surface area contributed by atoms with Crippen molar-refractivity contribution in [1.82, 2.24) is 14.7 Å². The number of aromatic nitrogens is 2. The predicted octanol–water partition coefficient (Wildman–Crippen LogP) is 3.21. The maximum absolute atomic E-state index is 12.6. The van der Waals surface area contributed by atoms with Crippen molar-refractivity contribution in [3.05, 3.63) is 22.5 Å². The van der Waals surface area contributed by atoms with Gasteiger partial charge in [0.05, 0.1) is 12.8 Å². The molecule has 0 aliphatic carbocycles. The minimum Gasteiger partial charge on any atom is -0.467 e. The monoisotopic (exact) mass is 367 g/mol. The number of unbranched alkanes of at least 4 members (excludes halogenated alkanes) is 1. The van der Waals surface area contributed by atoms with Gasteiger partial charge >= 0.3 is 5.97 Å². The summed E-state index contributed by atoms with van der Waals surface area (Å²) < 4.78 is 6.59. The molecule has 25 heavy (non-hydrogen) atoms. The summed E-state index contributed by atoms with van der Waals surface area (Å²) in [7, 11) is 1.35. The van der Waals surface area contributed by atoms with Crippen LogP contribution in [0.1, 0.15) is 50.3 Å². The lowest BCUT2D eigenvalue weighted by atomic mass is 10.0. The maximum atomic E-state index is 12.6. The van der Waals surface area contributed by atoms with Crippen molar-refractivity contribution in [1.29, 1.82) is 0 Å². The smallest absolute Gasteiger partial charge is 0.328 e. The number of carbonyl (C=O) groups is 2. The van der Waals surface area contributed by atoms with Crippen LogP contribution >= 0.6 is 11.6 Å². The summed E-state index contributed by atoms with van der Waals surface area (Å²) in [6.45, 7) is 5.30. The number of piperidine rings is 1. The molecule has 0 N–H and O–H groups in total. The molecule has 1 unspecified atom stereocenters. The van der Waals surface area contributed by atoms with E-state index in [0.717, 1.165) is 43.5 Å². The van der Waals surface area contributed by atoms with E-state index in [4.69, 9.17) is 16.3 Å². The molecule has 1 aromatic rings. The third-order valence-electron chi connectivity index (χ3n) is 4.48. The van der Waals surface area contributed by atoms with Crippen molar-refractivity contribution < 1.29 is 14.3 Å². The van der Waals surface area contributed by atoms with Crippen LogP contribution < -0.4 is 0 Å². The Morgan fingerprint density at radius 2 is 2.16 bits per heavy atom. The predicted molar refractivity (Wildman–Crippen MR) is 97.3 cm³/mol. The Hall–Kier alpha value is -1.82. The van der Waals surface area contributed by atoms with Crippen LogP contribution in [0.25, 0.3) is 6.08 Å². The van der Waals surface area contributed by atoms with Gasteiger partial charge in [-0.25, -0.2) is 4.79 Å². The van der Waals surface area contributed by atoms with Gasteiger partial charge in [-0.15, -0.1) is 0 Å². The molecule has 1 aliphatic rings. The quantitative estimate of drug-likeness (QED) is 0.572. The van der Waals surface area contributed by atoms with Crippen molar-refractivity contribution in [2.24, 2.45) is 0 Å². The largest absolute Gasteiger partial charge is 0.467 e. The van der Waals surface area contributed by atoms with E-state index < -0.39 is 6.04 Å². The highest BCUT2D eigenvalue weighted by molar-refractivity contribution is 6.31. The molecule has 1 saturated heterocycles. The van der Waals surface area contributed by atoms with Gasteiger partial charge in [0.1, 0.15) is 11.2 Å². The Labute approximate surface area is 153 Å². The second-order valence-electron chi connectivity index (χ2n) is 6.27. The molecule has 6 nitrogen and oxygen atoms in total. The summed E-state index contributed by atoms with van der Waals surface area (Å²) >= 11 is 6.39. The van der Waals surface area contributed by atoms with Crippen LogP contribution in [0.3, 0.4) is 0 Å². The van der Waals surface area contributed by atoms with Crippen molar-refractivity contribution in [2.75, 3.05) is 13.7 Å². The molecule has 1 fully saturated rings. The van der Waals surface area contributed by atoms with Crippen LogP contribution in [0.15, 0.2) is 6.08 Å². The summed E-state index contributed by atoms with van der Waals surface area (Å²) in [6, 6.07) is -0.500. The molecule has 2 rings (SSSR count). The fraction of sp³-hybridized carbons (Fsp3) is 0.611. The molecular formula is C18H26ClN3O3. The first-order chi connectivity index (χ1) is 12.0. The highest BCUT2D eigenvalue weighted by Crippen LogP contribution is 2.23. The zero-order valence-electron chi connectivity index (χ0n) is 15.1. The first-order valence-electron chi connectivity index (χ1n) is 8.79. The summed E-state index contributed by atoms with van der Waals surface area (Å²) in [5.41, 5.74) is 1.53. The molecule has 0 radical (unpaired) electrons. The van der Waals surface area contributed by atoms with Gasteiger partial charge in [0.25, 0.3) is 0 Å². The van der Waals surface area contributed by atoms with Crippen LogP contribution in [0.2, 0.25) is 5.15 Å². The van der Waals surface area contributed by atoms with Gasteiger partial charge < -0.3 is 9.64 Å². The SMILES string of the molecule is CCCCn1nc(C)c(/C=C/C(=O)N2CCCCC2C(=O)OC)c1Cl. The Morgan fingerprint density at radius 3 is 2.84 bits per heavy atom. The number of halogens is 1. The van der Waals surface area contributed by atoms with E-state index in [1.165, 1.54) is 13.2 Å². The van der Waals surface area contributed by atoms with Crippen molar-refractivity contribution in [3.63, 3.8) is 0 Å². The van der Waals surface area contributed by atoms with Crippen LogP contribution in [0.4, 0.5) is 0 Å². The van der Waals surface area contributed by atoms with Crippen LogP contribution in [-0.4, -0.2) is 46.3 Å². The molecule has 1 aromatic heterocycles. The number of aryl methyl sites for hydroxylation is 2. The standard InChI is InChI=1S/C18H26ClN3O3/c1-4-5-12-22-17(19)14(13(2)20-22)9-10-16(23)21-11-7-6-8-15(21)18(24)25-3/h9-10,15H,4-8,11-12H2,1-3H3/b10-9+. The first kappa shape index (κ1) is 19.5. The van der Waals surface area contributed by atoms with E-state index in [-0.39, 0.29) is 11.9 Å². The number of hydrogen-bond acceptors (Lipinski definition) is 4. The molecule has 1 amide bonds. The number of ether oxygens (including phenoxy) is 1. The fourth-order valence-corrected chi connectivity index (χ4v) is 3.36. The lowest BCUT2D eigenvalue weighted by Crippen LogP contribution is -2.47. The topological polar surface area (TPSA) is 64.4 Å². The van der Waals surface area contributed by atoms with Gasteiger partial charge in [0, 0.05) is 24.7 Å². The number of nitrogens with zero attached hydrogens (tertiary/aromatic N) is 3. The Balaban J connectivity index is 2.13. The van der Waals surface area contributed by atoms with Crippen LogP contribution in [0.5, 0.6) is 0 Å². The van der Waals surface area contributed by atoms with E-state index in [1.807, 2.05) is 6.92 Å². The number of likely N-dealkylation sites (tertiary alicyclic amines) is 1. The minimum atomic E-state index is -0.500. The van der Waals surface area contributed by atoms with Gasteiger partial charge in [-0.3, -0.25) is 9.48 Å². The molecule has 1 atom stereocenters. The lowest BCUT2D eigenvalue weighted by Gasteiger charge is -2.32. The fourth-order valence-electron chi connectivity index (χ4n) is 3.04. The van der Waals surface area contributed by atoms with Crippen LogP contribution in [0, 0.1) is 6.92 Å². The Bertz CT molecular complexity index is 654. The van der Waals surface area contributed by atoms with E-state index in [9.17, 15) is 9.59 Å². The Morgan fingerprint density at radius 1 is 1.40 bits per heavy atom. The van der Waals surface area contributed by atoms with Crippen molar-refractivity contribution in [2.45, 2.75) is 58.5 Å². The summed E-state index contributed by atoms with van der Waals surface area (Å²) in [5.74, 6) is -0.560. The average Bonchev–Trinajstić information content (AvgIpc) is 2.90. The molecular weight excluding hydrogens is 342 g/mol. The molecule has 1 aliphatic heterocycles. The van der Waals surface area contributed by atoms with Gasteiger partial charge in [-0.05, 0) is 38.7 Å². The number of amides is 1. The average molecular weight is 368 g/mol. The lowest BCUT2D eigenvalue weighted by molar-refractivity contribution is -0.153. The van der Waals surface area contributed by atoms with Crippen molar-refractivity contribution in [3.8, 4) is 0 Å². The summed E-state index contributed by atoms with van der Waals surface area (Å²) in [6.07, 6.45) is 7.67. The molecule has 0 spiro atoms. The van der Waals surface area contributed by atoms with Gasteiger partial charge in [-0.2, -0.15) is 5.10 Å². The number of hydrogen-bond donors (Lipinski definition) is 0. The molecule has 7 heteroatoms. The third kappa shape index (κ3) is 4.63. The highest BCUT2D eigenvalue weighted by atomic mass is 35.5. The van der Waals surface area contributed by atoms with Gasteiger partial charge in [0.15, 0.2) is 0 Å². The van der Waals surface area contributed by atoms with E-state index in [2.05, 4.69) is 12.0 Å². The molecule has 0 bridgehead atoms. The first-order valence-corrected chi connectivity index (χ1v) is 9.16. The zero-order chi connectivity index (χ0) is 18.4. The maximum Gasteiger partial charge on any atom is 0.328 e. The van der Waals surface area contributed by atoms with Gasteiger partial charge in [-0.1, -0.05) is 24.9 Å². The number of methoxy groups -OCH3 is 1. The summed E-state index contributed by atoms with van der Waals surface area (Å²) in [5, 5.41) is 4.97. The van der Waals surface area contributed by atoms with Crippen LogP contribution in [-0.2, 0) is 20.9 Å². The molecule has 0 aromatic carbocycles. The third-order valence-corrected chi connectivity index (χ3v) is 4.88. The zero-order valence-corrected chi connectivity index (χ0v) is 15.9. The molecule has 2 heterocycles. The van der Waals surface area contributed by atoms with Gasteiger partial charge in [0.2, 0.25) is 5.91 Å². The summed E-state index contributed by atoms with van der Waals surface area (Å²) in [4.78, 5) is 26.0. The van der Waals surface area contributed by atoms with E-state index >= 15 is 0 Å². The second kappa shape index (κ2) is 9.04. The van der Waals surface area contributed by atoms with E-state index in [1.54, 1.807) is 15.7 Å².